The van der Waals surface area contributed by atoms with Crippen molar-refractivity contribution < 1.29 is 9.18 Å². The average molecular weight is 382 g/mol. The Labute approximate surface area is 166 Å². The minimum absolute atomic E-state index is 0.336. The molecule has 5 nitrogen and oxygen atoms in total. The third-order valence-electron chi connectivity index (χ3n) is 4.35. The lowest BCUT2D eigenvalue weighted by Crippen LogP contribution is -2.12. The van der Waals surface area contributed by atoms with Gasteiger partial charge in [-0.2, -0.15) is 10.4 Å². The molecule has 0 atom stereocenters. The first kappa shape index (κ1) is 18.1. The molecule has 1 heterocycles. The number of carbonyl (C=O) groups is 1. The molecule has 3 aromatic carbocycles. The van der Waals surface area contributed by atoms with Crippen LogP contribution in [0.3, 0.4) is 0 Å². The van der Waals surface area contributed by atoms with Crippen LogP contribution < -0.4 is 5.32 Å². The largest absolute Gasteiger partial charge is 0.322 e. The van der Waals surface area contributed by atoms with Gasteiger partial charge in [0, 0.05) is 17.4 Å². The van der Waals surface area contributed by atoms with Crippen LogP contribution in [-0.2, 0) is 0 Å². The molecule has 0 aliphatic heterocycles. The van der Waals surface area contributed by atoms with E-state index in [4.69, 9.17) is 5.26 Å². The van der Waals surface area contributed by atoms with E-state index in [0.29, 0.717) is 28.1 Å². The van der Waals surface area contributed by atoms with Crippen molar-refractivity contribution in [1.82, 2.24) is 9.78 Å². The van der Waals surface area contributed by atoms with Crippen molar-refractivity contribution in [3.63, 3.8) is 0 Å². The maximum Gasteiger partial charge on any atom is 0.259 e. The van der Waals surface area contributed by atoms with Crippen LogP contribution in [-0.4, -0.2) is 15.7 Å². The summed E-state index contributed by atoms with van der Waals surface area (Å²) in [5.41, 5.74) is 3.17. The highest BCUT2D eigenvalue weighted by atomic mass is 19.1. The lowest BCUT2D eigenvalue weighted by atomic mass is 10.1. The van der Waals surface area contributed by atoms with Crippen molar-refractivity contribution in [2.45, 2.75) is 0 Å². The van der Waals surface area contributed by atoms with Crippen LogP contribution >= 0.6 is 0 Å². The number of nitrogens with zero attached hydrogens (tertiary/aromatic N) is 3. The molecule has 0 aliphatic carbocycles. The fraction of sp³-hybridized carbons (Fsp3) is 0. The van der Waals surface area contributed by atoms with Crippen molar-refractivity contribution in [2.75, 3.05) is 5.32 Å². The third kappa shape index (κ3) is 3.89. The normalized spacial score (nSPS) is 10.3. The molecule has 4 aromatic rings. The second-order valence-electron chi connectivity index (χ2n) is 6.33. The summed E-state index contributed by atoms with van der Waals surface area (Å²) in [6, 6.07) is 24.0. The number of nitrogens with one attached hydrogen (secondary N) is 1. The smallest absolute Gasteiger partial charge is 0.259 e. The molecule has 0 saturated carbocycles. The summed E-state index contributed by atoms with van der Waals surface area (Å²) in [5, 5.41) is 16.3. The quantitative estimate of drug-likeness (QED) is 0.551. The van der Waals surface area contributed by atoms with E-state index in [2.05, 4.69) is 16.5 Å². The zero-order valence-electron chi connectivity index (χ0n) is 15.2. The minimum atomic E-state index is -0.435. The number of aromatic nitrogens is 2. The molecule has 1 aromatic heterocycles. The molecule has 0 spiro atoms. The number of anilines is 1. The molecule has 1 amide bonds. The van der Waals surface area contributed by atoms with E-state index >= 15 is 0 Å². The predicted molar refractivity (Wildman–Crippen MR) is 108 cm³/mol. The van der Waals surface area contributed by atoms with E-state index in [-0.39, 0.29) is 0 Å². The van der Waals surface area contributed by atoms with Crippen LogP contribution in [0.1, 0.15) is 15.9 Å². The van der Waals surface area contributed by atoms with Crippen LogP contribution in [0.15, 0.2) is 85.1 Å². The highest BCUT2D eigenvalue weighted by Gasteiger charge is 2.19. The molecule has 29 heavy (non-hydrogen) atoms. The Morgan fingerprint density at radius 3 is 2.45 bits per heavy atom. The molecule has 140 valence electrons. The summed E-state index contributed by atoms with van der Waals surface area (Å²) in [6.07, 6.45) is 1.64. The Hall–Kier alpha value is -4.24. The highest BCUT2D eigenvalue weighted by Crippen LogP contribution is 2.25. The first-order chi connectivity index (χ1) is 14.1. The summed E-state index contributed by atoms with van der Waals surface area (Å²) in [7, 11) is 0. The molecule has 0 saturated heterocycles. The van der Waals surface area contributed by atoms with E-state index in [1.54, 1.807) is 41.2 Å². The van der Waals surface area contributed by atoms with Gasteiger partial charge in [0.2, 0.25) is 0 Å². The van der Waals surface area contributed by atoms with Gasteiger partial charge in [-0.3, -0.25) is 4.79 Å². The minimum Gasteiger partial charge on any atom is -0.322 e. The summed E-state index contributed by atoms with van der Waals surface area (Å²) in [6.45, 7) is 0. The molecule has 0 radical (unpaired) electrons. The molecule has 1 N–H and O–H groups in total. The summed E-state index contributed by atoms with van der Waals surface area (Å²) in [5.74, 6) is -0.841. The van der Waals surface area contributed by atoms with Crippen LogP contribution in [0.2, 0.25) is 0 Å². The van der Waals surface area contributed by atoms with Crippen LogP contribution in [0, 0.1) is 17.1 Å². The molecule has 0 unspecified atom stereocenters. The van der Waals surface area contributed by atoms with E-state index in [1.807, 2.05) is 30.3 Å². The number of halogens is 1. The SMILES string of the molecule is N#Cc1ccc(-c2nn(-c3ccccc3)cc2C(=O)Nc2cccc(F)c2)cc1. The molecular weight excluding hydrogens is 367 g/mol. The molecular formula is C23H15FN4O. The van der Waals surface area contributed by atoms with E-state index < -0.39 is 11.7 Å². The first-order valence-corrected chi connectivity index (χ1v) is 8.86. The number of nitriles is 1. The number of hydrogen-bond donors (Lipinski definition) is 1. The third-order valence-corrected chi connectivity index (χ3v) is 4.35. The van der Waals surface area contributed by atoms with Crippen LogP contribution in [0.25, 0.3) is 16.9 Å². The highest BCUT2D eigenvalue weighted by molar-refractivity contribution is 6.08. The lowest BCUT2D eigenvalue weighted by molar-refractivity contribution is 0.102. The number of benzene rings is 3. The summed E-state index contributed by atoms with van der Waals surface area (Å²) >= 11 is 0. The predicted octanol–water partition coefficient (Wildman–Crippen LogP) is 4.80. The average Bonchev–Trinajstić information content (AvgIpc) is 3.20. The topological polar surface area (TPSA) is 70.7 Å². The molecule has 4 rings (SSSR count). The summed E-state index contributed by atoms with van der Waals surface area (Å²) in [4.78, 5) is 12.9. The Morgan fingerprint density at radius 1 is 1.00 bits per heavy atom. The number of hydrogen-bond acceptors (Lipinski definition) is 3. The second-order valence-corrected chi connectivity index (χ2v) is 6.33. The van der Waals surface area contributed by atoms with Gasteiger partial charge in [-0.25, -0.2) is 9.07 Å². The zero-order valence-corrected chi connectivity index (χ0v) is 15.2. The first-order valence-electron chi connectivity index (χ1n) is 8.86. The van der Waals surface area contributed by atoms with Crippen LogP contribution in [0.4, 0.5) is 10.1 Å². The number of amides is 1. The Bertz CT molecular complexity index is 1210. The second kappa shape index (κ2) is 7.79. The van der Waals surface area contributed by atoms with E-state index in [9.17, 15) is 9.18 Å². The van der Waals surface area contributed by atoms with Gasteiger partial charge in [0.15, 0.2) is 0 Å². The van der Waals surface area contributed by atoms with Gasteiger partial charge in [0.05, 0.1) is 22.9 Å². The summed E-state index contributed by atoms with van der Waals surface area (Å²) < 4.78 is 15.1. The maximum absolute atomic E-state index is 13.5. The molecule has 0 aliphatic rings. The standard InChI is InChI=1S/C23H15FN4O/c24-18-5-4-6-19(13-18)26-23(29)21-15-28(20-7-2-1-3-8-20)27-22(21)17-11-9-16(14-25)10-12-17/h1-13,15H,(H,26,29). The Kier molecular flexibility index (Phi) is 4.87. The fourth-order valence-corrected chi connectivity index (χ4v) is 2.93. The number of carbonyl (C=O) groups excluding carboxylic acids is 1. The zero-order chi connectivity index (χ0) is 20.2. The van der Waals surface area contributed by atoms with Crippen molar-refractivity contribution in [3.8, 4) is 23.0 Å². The van der Waals surface area contributed by atoms with Gasteiger partial charge >= 0.3 is 0 Å². The van der Waals surface area contributed by atoms with E-state index in [1.165, 1.54) is 18.2 Å². The Morgan fingerprint density at radius 2 is 1.76 bits per heavy atom. The van der Waals surface area contributed by atoms with Gasteiger partial charge in [-0.15, -0.1) is 0 Å². The van der Waals surface area contributed by atoms with Crippen molar-refractivity contribution in [3.05, 3.63) is 102 Å². The molecule has 0 fully saturated rings. The molecule has 0 bridgehead atoms. The van der Waals surface area contributed by atoms with Gasteiger partial charge in [-0.1, -0.05) is 36.4 Å². The van der Waals surface area contributed by atoms with E-state index in [0.717, 1.165) is 5.69 Å². The van der Waals surface area contributed by atoms with Crippen LogP contribution in [0.5, 0.6) is 0 Å². The van der Waals surface area contributed by atoms with Gasteiger partial charge in [0.25, 0.3) is 5.91 Å². The van der Waals surface area contributed by atoms with Crippen molar-refractivity contribution >= 4 is 11.6 Å². The van der Waals surface area contributed by atoms with Crippen molar-refractivity contribution in [2.24, 2.45) is 0 Å². The van der Waals surface area contributed by atoms with Gasteiger partial charge in [-0.05, 0) is 42.5 Å². The van der Waals surface area contributed by atoms with Gasteiger partial charge in [0.1, 0.15) is 11.5 Å². The Balaban J connectivity index is 1.77. The fourth-order valence-electron chi connectivity index (χ4n) is 2.93. The number of rotatable bonds is 4. The lowest BCUT2D eigenvalue weighted by Gasteiger charge is -2.05. The van der Waals surface area contributed by atoms with Crippen molar-refractivity contribution in [1.29, 1.82) is 5.26 Å². The number of para-hydroxylation sites is 1. The monoisotopic (exact) mass is 382 g/mol. The molecule has 6 heteroatoms. The maximum atomic E-state index is 13.5. The van der Waals surface area contributed by atoms with Gasteiger partial charge < -0.3 is 5.32 Å².